The lowest BCUT2D eigenvalue weighted by Crippen LogP contribution is -2.42. The van der Waals surface area contributed by atoms with E-state index in [1.54, 1.807) is 5.57 Å². The quantitative estimate of drug-likeness (QED) is 0.339. The van der Waals surface area contributed by atoms with Gasteiger partial charge in [-0.1, -0.05) is 62.4 Å². The SMILES string of the molecule is C=Ic1cccc(C2CCN([C@H]3CCC[C@@H](C)C(=O)NC4CC(NC(=O)OC)=CC=C4c4ccnc3c4)C(=C3CC3)C2)c1. The van der Waals surface area contributed by atoms with Crippen molar-refractivity contribution in [1.82, 2.24) is 20.5 Å². The second kappa shape index (κ2) is 13.2. The monoisotopic (exact) mass is 692 g/mol. The standard InChI is InChI=1S/C35H41IN4O3/c1-22-6-4-9-32(40-17-15-25(20-33(40)23-10-11-23)24-7-5-8-27(18-24)36-2)31-19-26(14-16-37-31)29-13-12-28(38-35(42)43-3)21-30(29)39-34(22)41/h5,7-8,12-14,16,18-19,22,25,30,32H,2,4,6,9-11,15,17,20-21H2,1,3H3,(H,38,42)(H,39,41)/t22-,25?,30?,32+/m1/s1. The molecule has 2 fully saturated rings. The summed E-state index contributed by atoms with van der Waals surface area (Å²) in [5, 5.41) is 6.06. The third-order valence-corrected chi connectivity index (χ3v) is 10.9. The molecule has 2 aliphatic carbocycles. The molecule has 1 aromatic carbocycles. The van der Waals surface area contributed by atoms with Gasteiger partial charge in [0, 0.05) is 40.0 Å². The fourth-order valence-corrected chi connectivity index (χ4v) is 7.84. The van der Waals surface area contributed by atoms with Crippen LogP contribution >= 0.6 is 20.7 Å². The Labute approximate surface area is 264 Å². The first-order chi connectivity index (χ1) is 20.9. The van der Waals surface area contributed by atoms with Gasteiger partial charge in [-0.3, -0.25) is 15.1 Å². The first-order valence-electron chi connectivity index (χ1n) is 15.4. The number of amides is 2. The normalized spacial score (nSPS) is 25.7. The number of methoxy groups -OCH3 is 1. The number of carbonyl (C=O) groups is 2. The summed E-state index contributed by atoms with van der Waals surface area (Å²) in [7, 11) is 1.35. The molecule has 2 amide bonds. The van der Waals surface area contributed by atoms with E-state index in [9.17, 15) is 9.59 Å². The topological polar surface area (TPSA) is 83.6 Å². The number of piperidine rings is 1. The van der Waals surface area contributed by atoms with Crippen molar-refractivity contribution in [3.63, 3.8) is 0 Å². The molecule has 1 saturated heterocycles. The highest BCUT2D eigenvalue weighted by Gasteiger charge is 2.35. The van der Waals surface area contributed by atoms with Gasteiger partial charge in [-0.25, -0.2) is 4.79 Å². The van der Waals surface area contributed by atoms with E-state index < -0.39 is 6.09 Å². The molecular weight excluding hydrogens is 651 g/mol. The van der Waals surface area contributed by atoms with E-state index in [-0.39, 0.29) is 44.6 Å². The number of hydrogen-bond donors (Lipinski definition) is 2. The van der Waals surface area contributed by atoms with Crippen molar-refractivity contribution in [3.8, 4) is 0 Å². The molecule has 226 valence electrons. The lowest BCUT2D eigenvalue weighted by molar-refractivity contribution is -0.125. The highest BCUT2D eigenvalue weighted by atomic mass is 127. The van der Waals surface area contributed by atoms with Gasteiger partial charge in [0.25, 0.3) is 0 Å². The molecule has 2 bridgehead atoms. The number of nitrogens with zero attached hydrogens (tertiary/aromatic N) is 2. The molecule has 8 heteroatoms. The zero-order valence-electron chi connectivity index (χ0n) is 25.1. The second-order valence-electron chi connectivity index (χ2n) is 12.1. The fourth-order valence-electron chi connectivity index (χ4n) is 6.79. The molecule has 2 unspecified atom stereocenters. The number of halogens is 1. The van der Waals surface area contributed by atoms with Crippen LogP contribution < -0.4 is 10.6 Å². The summed E-state index contributed by atoms with van der Waals surface area (Å²) in [6.07, 6.45) is 13.2. The molecule has 1 saturated carbocycles. The minimum atomic E-state index is -0.508. The third kappa shape index (κ3) is 6.79. The van der Waals surface area contributed by atoms with Gasteiger partial charge >= 0.3 is 6.09 Å². The van der Waals surface area contributed by atoms with E-state index in [0.717, 1.165) is 61.2 Å². The summed E-state index contributed by atoms with van der Waals surface area (Å²) >= 11 is -0.165. The number of allylic oxidation sites excluding steroid dienone is 4. The molecule has 4 atom stereocenters. The highest BCUT2D eigenvalue weighted by molar-refractivity contribution is 14.2. The average Bonchev–Trinajstić information content (AvgIpc) is 3.88. The molecule has 0 radical (unpaired) electrons. The van der Waals surface area contributed by atoms with Crippen LogP contribution in [0.3, 0.4) is 0 Å². The van der Waals surface area contributed by atoms with Crippen LogP contribution in [-0.4, -0.2) is 46.1 Å². The van der Waals surface area contributed by atoms with Gasteiger partial charge < -0.3 is 15.0 Å². The Balaban J connectivity index is 1.33. The van der Waals surface area contributed by atoms with Gasteiger partial charge in [0.15, 0.2) is 0 Å². The minimum absolute atomic E-state index is 0.0511. The van der Waals surface area contributed by atoms with Gasteiger partial charge in [0.2, 0.25) is 5.91 Å². The number of likely N-dealkylation sites (tertiary alicyclic amines) is 1. The van der Waals surface area contributed by atoms with Crippen LogP contribution in [-0.2, 0) is 9.53 Å². The van der Waals surface area contributed by atoms with Gasteiger partial charge in [0.1, 0.15) is 0 Å². The largest absolute Gasteiger partial charge is 0.453 e. The number of fused-ring (bicyclic) bond motifs is 4. The summed E-state index contributed by atoms with van der Waals surface area (Å²) in [5.41, 5.74) is 8.50. The number of benzene rings is 1. The van der Waals surface area contributed by atoms with Crippen LogP contribution in [0.1, 0.15) is 87.1 Å². The first kappa shape index (κ1) is 29.8. The maximum Gasteiger partial charge on any atom is 0.411 e. The Morgan fingerprint density at radius 3 is 2.79 bits per heavy atom. The van der Waals surface area contributed by atoms with Crippen molar-refractivity contribution >= 4 is 42.8 Å². The van der Waals surface area contributed by atoms with Crippen molar-refractivity contribution < 1.29 is 14.3 Å². The van der Waals surface area contributed by atoms with E-state index in [1.807, 2.05) is 31.3 Å². The molecule has 43 heavy (non-hydrogen) atoms. The molecule has 0 spiro atoms. The zero-order chi connectivity index (χ0) is 29.9. The Morgan fingerprint density at radius 2 is 2.00 bits per heavy atom. The predicted molar refractivity (Wildman–Crippen MR) is 179 cm³/mol. The minimum Gasteiger partial charge on any atom is -0.453 e. The van der Waals surface area contributed by atoms with Crippen LogP contribution in [0, 0.1) is 9.49 Å². The smallest absolute Gasteiger partial charge is 0.411 e. The summed E-state index contributed by atoms with van der Waals surface area (Å²) in [6, 6.07) is 13.3. The number of pyridine rings is 1. The Morgan fingerprint density at radius 1 is 1.14 bits per heavy atom. The van der Waals surface area contributed by atoms with E-state index in [1.165, 1.54) is 34.8 Å². The van der Waals surface area contributed by atoms with Gasteiger partial charge in [0.05, 0.1) is 24.9 Å². The maximum atomic E-state index is 13.3. The molecule has 7 nitrogen and oxygen atoms in total. The molecule has 3 heterocycles. The maximum absolute atomic E-state index is 13.3. The fraction of sp³-hybridized carbons (Fsp3) is 0.429. The number of hydrogen-bond acceptors (Lipinski definition) is 5. The summed E-state index contributed by atoms with van der Waals surface area (Å²) in [5.74, 6) is 0.484. The molecule has 2 aromatic rings. The van der Waals surface area contributed by atoms with Crippen LogP contribution in [0.2, 0.25) is 0 Å². The van der Waals surface area contributed by atoms with Crippen molar-refractivity contribution in [2.24, 2.45) is 5.92 Å². The van der Waals surface area contributed by atoms with Gasteiger partial charge in [-0.05, 0) is 91.5 Å². The van der Waals surface area contributed by atoms with E-state index in [4.69, 9.17) is 9.72 Å². The number of aromatic nitrogens is 1. The summed E-state index contributed by atoms with van der Waals surface area (Å²) in [6.45, 7) is 3.03. The van der Waals surface area contributed by atoms with Crippen molar-refractivity contribution in [1.29, 1.82) is 0 Å². The number of nitrogens with one attached hydrogen (secondary N) is 2. The highest BCUT2D eigenvalue weighted by Crippen LogP contribution is 2.46. The lowest BCUT2D eigenvalue weighted by Gasteiger charge is -2.42. The molecule has 2 aliphatic heterocycles. The van der Waals surface area contributed by atoms with Crippen LogP contribution in [0.4, 0.5) is 4.79 Å². The Kier molecular flexibility index (Phi) is 9.12. The van der Waals surface area contributed by atoms with Crippen LogP contribution in [0.25, 0.3) is 5.57 Å². The number of rotatable bonds is 4. The first-order valence-corrected chi connectivity index (χ1v) is 18.0. The van der Waals surface area contributed by atoms with Crippen LogP contribution in [0.15, 0.2) is 71.7 Å². The molecule has 2 N–H and O–H groups in total. The number of alkyl carbamates (subject to hydrolysis) is 1. The van der Waals surface area contributed by atoms with Gasteiger partial charge in [-0.15, -0.1) is 0 Å². The molecule has 4 aliphatic rings. The lowest BCUT2D eigenvalue weighted by atomic mass is 9.85. The summed E-state index contributed by atoms with van der Waals surface area (Å²) in [4.78, 5) is 32.9. The Bertz CT molecular complexity index is 1510. The number of ether oxygens (including phenoxy) is 1. The second-order valence-corrected chi connectivity index (χ2v) is 14.1. The van der Waals surface area contributed by atoms with Crippen molar-refractivity contribution in [2.45, 2.75) is 76.3 Å². The van der Waals surface area contributed by atoms with Crippen LogP contribution in [0.5, 0.6) is 0 Å². The predicted octanol–water partition coefficient (Wildman–Crippen LogP) is 6.95. The van der Waals surface area contributed by atoms with Crippen molar-refractivity contribution in [3.05, 3.63) is 92.1 Å². The molecule has 6 rings (SSSR count). The average molecular weight is 693 g/mol. The van der Waals surface area contributed by atoms with E-state index in [2.05, 4.69) is 50.4 Å². The van der Waals surface area contributed by atoms with E-state index in [0.29, 0.717) is 12.3 Å². The summed E-state index contributed by atoms with van der Waals surface area (Å²) < 4.78 is 10.4. The third-order valence-electron chi connectivity index (χ3n) is 9.31. The number of carbonyl (C=O) groups excluding carboxylic acids is 2. The van der Waals surface area contributed by atoms with E-state index >= 15 is 0 Å². The molecule has 1 aromatic heterocycles. The Hall–Kier alpha value is -3.27. The molecular formula is C35H41IN4O3. The zero-order valence-corrected chi connectivity index (χ0v) is 27.2. The van der Waals surface area contributed by atoms with Gasteiger partial charge in [-0.2, -0.15) is 0 Å². The van der Waals surface area contributed by atoms with Crippen molar-refractivity contribution in [2.75, 3.05) is 13.7 Å².